The molecule has 0 radical (unpaired) electrons. The van der Waals surface area contributed by atoms with Crippen LogP contribution in [0.4, 0.5) is 4.79 Å². The summed E-state index contributed by atoms with van der Waals surface area (Å²) < 4.78 is 16.0. The van der Waals surface area contributed by atoms with Gasteiger partial charge >= 0.3 is 12.1 Å². The molecule has 1 N–H and O–H groups in total. The van der Waals surface area contributed by atoms with Crippen molar-refractivity contribution in [1.82, 2.24) is 10.2 Å². The number of esters is 1. The maximum atomic E-state index is 12.3. The lowest BCUT2D eigenvalue weighted by molar-refractivity contribution is -0.150. The van der Waals surface area contributed by atoms with Gasteiger partial charge in [0.05, 0.1) is 19.8 Å². The second-order valence-corrected chi connectivity index (χ2v) is 6.40. The first-order chi connectivity index (χ1) is 9.83. The highest BCUT2D eigenvalue weighted by Gasteiger charge is 2.50. The van der Waals surface area contributed by atoms with Crippen molar-refractivity contribution in [1.29, 1.82) is 0 Å². The number of hydrogen-bond donors (Lipinski definition) is 1. The van der Waals surface area contributed by atoms with Crippen LogP contribution in [0.15, 0.2) is 0 Å². The maximum absolute atomic E-state index is 12.3. The number of ether oxygens (including phenoxy) is 3. The molecule has 2 heterocycles. The van der Waals surface area contributed by atoms with Crippen molar-refractivity contribution in [2.75, 3.05) is 33.4 Å². The van der Waals surface area contributed by atoms with Crippen LogP contribution < -0.4 is 5.32 Å². The summed E-state index contributed by atoms with van der Waals surface area (Å²) in [5, 5.41) is 3.25. The Morgan fingerprint density at radius 3 is 2.67 bits per heavy atom. The minimum atomic E-state index is -0.741. The Hall–Kier alpha value is -1.34. The molecule has 0 spiro atoms. The van der Waals surface area contributed by atoms with E-state index in [4.69, 9.17) is 14.2 Å². The third-order valence-electron chi connectivity index (χ3n) is 3.61. The average molecular weight is 300 g/mol. The molecule has 0 aliphatic carbocycles. The molecular weight excluding hydrogens is 276 g/mol. The first kappa shape index (κ1) is 16.0. The summed E-state index contributed by atoms with van der Waals surface area (Å²) in [6.45, 7) is 7.77. The lowest BCUT2D eigenvalue weighted by Gasteiger charge is -2.28. The largest absolute Gasteiger partial charge is 0.467 e. The monoisotopic (exact) mass is 300 g/mol. The van der Waals surface area contributed by atoms with Crippen molar-refractivity contribution in [3.8, 4) is 0 Å². The van der Waals surface area contributed by atoms with Crippen LogP contribution in [-0.4, -0.2) is 68.1 Å². The quantitative estimate of drug-likeness (QED) is 0.706. The predicted molar refractivity (Wildman–Crippen MR) is 74.8 cm³/mol. The van der Waals surface area contributed by atoms with Crippen LogP contribution in [-0.2, 0) is 19.0 Å². The molecule has 0 saturated carbocycles. The minimum absolute atomic E-state index is 0.0594. The molecule has 2 rings (SSSR count). The van der Waals surface area contributed by atoms with E-state index in [0.29, 0.717) is 19.7 Å². The number of nitrogens with zero attached hydrogens (tertiary/aromatic N) is 1. The molecule has 2 fully saturated rings. The van der Waals surface area contributed by atoms with Crippen molar-refractivity contribution >= 4 is 12.1 Å². The van der Waals surface area contributed by atoms with Gasteiger partial charge in [0.25, 0.3) is 0 Å². The molecule has 0 bridgehead atoms. The molecule has 1 amide bonds. The van der Waals surface area contributed by atoms with Gasteiger partial charge in [0.2, 0.25) is 0 Å². The lowest BCUT2D eigenvalue weighted by atomic mass is 10.0. The number of fused-ring (bicyclic) bond motifs is 1. The third-order valence-corrected chi connectivity index (χ3v) is 3.61. The van der Waals surface area contributed by atoms with Gasteiger partial charge in [-0.25, -0.2) is 9.59 Å². The molecule has 1 unspecified atom stereocenters. The summed E-state index contributed by atoms with van der Waals surface area (Å²) in [5.74, 6) is -0.403. The smallest absolute Gasteiger partial charge is 0.411 e. The molecule has 2 saturated heterocycles. The molecule has 7 nitrogen and oxygen atoms in total. The number of nitrogens with one attached hydrogen (secondary N) is 1. The van der Waals surface area contributed by atoms with E-state index in [1.165, 1.54) is 12.0 Å². The molecule has 0 aromatic rings. The van der Waals surface area contributed by atoms with Crippen molar-refractivity contribution < 1.29 is 23.8 Å². The van der Waals surface area contributed by atoms with Gasteiger partial charge in [-0.1, -0.05) is 0 Å². The molecule has 21 heavy (non-hydrogen) atoms. The number of rotatable bonds is 1. The SMILES string of the molecule is COC(=O)C1[C@@H]2OCCNC[C@H]2CN1C(=O)OC(C)(C)C. The molecule has 2 aliphatic heterocycles. The van der Waals surface area contributed by atoms with Crippen molar-refractivity contribution in [3.63, 3.8) is 0 Å². The van der Waals surface area contributed by atoms with E-state index >= 15 is 0 Å². The Morgan fingerprint density at radius 2 is 2.05 bits per heavy atom. The Kier molecular flexibility index (Phi) is 4.73. The van der Waals surface area contributed by atoms with E-state index in [1.54, 1.807) is 20.8 Å². The molecule has 7 heteroatoms. The predicted octanol–water partition coefficient (Wildman–Crippen LogP) is 0.383. The first-order valence-corrected chi connectivity index (χ1v) is 7.23. The molecule has 0 aromatic heterocycles. The Morgan fingerprint density at radius 1 is 1.33 bits per heavy atom. The van der Waals surface area contributed by atoms with Gasteiger partial charge in [-0.3, -0.25) is 4.90 Å². The Bertz CT molecular complexity index is 407. The fraction of sp³-hybridized carbons (Fsp3) is 0.857. The highest BCUT2D eigenvalue weighted by molar-refractivity contribution is 5.83. The van der Waals surface area contributed by atoms with Crippen molar-refractivity contribution in [3.05, 3.63) is 0 Å². The second kappa shape index (κ2) is 6.19. The van der Waals surface area contributed by atoms with Crippen LogP contribution >= 0.6 is 0 Å². The second-order valence-electron chi connectivity index (χ2n) is 6.40. The van der Waals surface area contributed by atoms with Crippen LogP contribution in [0.25, 0.3) is 0 Å². The van der Waals surface area contributed by atoms with Crippen LogP contribution in [0.3, 0.4) is 0 Å². The van der Waals surface area contributed by atoms with Crippen LogP contribution in [0.5, 0.6) is 0 Å². The third kappa shape index (κ3) is 3.65. The highest BCUT2D eigenvalue weighted by Crippen LogP contribution is 2.29. The van der Waals surface area contributed by atoms with Crippen molar-refractivity contribution in [2.45, 2.75) is 38.5 Å². The van der Waals surface area contributed by atoms with Gasteiger partial charge in [0.15, 0.2) is 6.04 Å². The summed E-state index contributed by atoms with van der Waals surface area (Å²) >= 11 is 0. The zero-order valence-electron chi connectivity index (χ0n) is 13.0. The van der Waals surface area contributed by atoms with Gasteiger partial charge in [0.1, 0.15) is 5.60 Å². The number of amides is 1. The maximum Gasteiger partial charge on any atom is 0.411 e. The summed E-state index contributed by atoms with van der Waals surface area (Å²) in [6, 6.07) is -0.741. The van der Waals surface area contributed by atoms with Gasteiger partial charge in [-0.2, -0.15) is 0 Å². The summed E-state index contributed by atoms with van der Waals surface area (Å²) in [4.78, 5) is 25.9. The Balaban J connectivity index is 2.19. The molecule has 3 atom stereocenters. The first-order valence-electron chi connectivity index (χ1n) is 7.23. The molecule has 0 aromatic carbocycles. The normalized spacial score (nSPS) is 29.5. The molecule has 120 valence electrons. The van der Waals surface area contributed by atoms with Crippen LogP contribution in [0, 0.1) is 5.92 Å². The fourth-order valence-electron chi connectivity index (χ4n) is 2.76. The summed E-state index contributed by atoms with van der Waals surface area (Å²) in [7, 11) is 1.32. The fourth-order valence-corrected chi connectivity index (χ4v) is 2.76. The summed E-state index contributed by atoms with van der Waals surface area (Å²) in [5.41, 5.74) is -0.610. The van der Waals surface area contributed by atoms with E-state index in [1.807, 2.05) is 0 Å². The van der Waals surface area contributed by atoms with Gasteiger partial charge in [-0.05, 0) is 20.8 Å². The van der Waals surface area contributed by atoms with Crippen molar-refractivity contribution in [2.24, 2.45) is 5.92 Å². The van der Waals surface area contributed by atoms with E-state index < -0.39 is 23.7 Å². The zero-order valence-corrected chi connectivity index (χ0v) is 13.0. The highest BCUT2D eigenvalue weighted by atomic mass is 16.6. The number of carbonyl (C=O) groups excluding carboxylic acids is 2. The number of methoxy groups -OCH3 is 1. The van der Waals surface area contributed by atoms with Gasteiger partial charge in [0, 0.05) is 25.6 Å². The van der Waals surface area contributed by atoms with Gasteiger partial charge < -0.3 is 19.5 Å². The van der Waals surface area contributed by atoms with Crippen LogP contribution in [0.2, 0.25) is 0 Å². The number of hydrogen-bond acceptors (Lipinski definition) is 6. The molecule has 2 aliphatic rings. The Labute approximate surface area is 124 Å². The zero-order chi connectivity index (χ0) is 15.6. The van der Waals surface area contributed by atoms with Crippen LogP contribution in [0.1, 0.15) is 20.8 Å². The van der Waals surface area contributed by atoms with E-state index in [0.717, 1.165) is 6.54 Å². The summed E-state index contributed by atoms with van der Waals surface area (Å²) in [6.07, 6.45) is -0.852. The van der Waals surface area contributed by atoms with Gasteiger partial charge in [-0.15, -0.1) is 0 Å². The topological polar surface area (TPSA) is 77.1 Å². The van der Waals surface area contributed by atoms with E-state index in [2.05, 4.69) is 5.32 Å². The van der Waals surface area contributed by atoms with E-state index in [-0.39, 0.29) is 12.0 Å². The lowest BCUT2D eigenvalue weighted by Crippen LogP contribution is -2.48. The van der Waals surface area contributed by atoms with E-state index in [9.17, 15) is 9.59 Å². The number of carbonyl (C=O) groups is 2. The minimum Gasteiger partial charge on any atom is -0.467 e. The molecular formula is C14H24N2O5. The average Bonchev–Trinajstić information content (AvgIpc) is 2.59. The number of likely N-dealkylation sites (tertiary alicyclic amines) is 1. The standard InChI is InChI=1S/C14H24N2O5/c1-14(2,3)21-13(18)16-8-9-7-15-5-6-20-11(9)10(16)12(17)19-4/h9-11,15H,5-8H2,1-4H3/t9-,10?,11+/m0/s1.